The molecule has 0 saturated carbocycles. The monoisotopic (exact) mass is 741 g/mol. The van der Waals surface area contributed by atoms with Crippen LogP contribution in [0.2, 0.25) is 0 Å². The molecular weight excluding hydrogens is 672 g/mol. The van der Waals surface area contributed by atoms with Gasteiger partial charge in [0.05, 0.1) is 12.0 Å². The summed E-state index contributed by atoms with van der Waals surface area (Å²) in [5, 5.41) is 20.5. The summed E-state index contributed by atoms with van der Waals surface area (Å²) >= 11 is 0. The lowest BCUT2D eigenvalue weighted by Gasteiger charge is -2.34. The summed E-state index contributed by atoms with van der Waals surface area (Å²) in [5.74, 6) is -4.96. The van der Waals surface area contributed by atoms with E-state index in [2.05, 4.69) is 28.2 Å². The molecule has 7 atom stereocenters. The van der Waals surface area contributed by atoms with Gasteiger partial charge in [-0.3, -0.25) is 28.8 Å². The highest BCUT2D eigenvalue weighted by Gasteiger charge is 2.37. The van der Waals surface area contributed by atoms with Gasteiger partial charge in [-0.15, -0.1) is 0 Å². The molecule has 15 nitrogen and oxygen atoms in total. The Kier molecular flexibility index (Phi) is 23.0. The smallest absolute Gasteiger partial charge is 0.325 e. The average molecular weight is 741 g/mol. The second kappa shape index (κ2) is 25.6. The van der Waals surface area contributed by atoms with E-state index in [1.807, 2.05) is 13.8 Å². The summed E-state index contributed by atoms with van der Waals surface area (Å²) in [4.78, 5) is 82.4. The molecule has 300 valence electrons. The number of esters is 1. The highest BCUT2D eigenvalue weighted by Crippen LogP contribution is 2.22. The number of carbonyl (C=O) groups is 6. The van der Waals surface area contributed by atoms with Crippen LogP contribution in [0.3, 0.4) is 0 Å². The van der Waals surface area contributed by atoms with Crippen molar-refractivity contribution in [2.24, 2.45) is 17.6 Å². The molecule has 0 radical (unpaired) electrons. The molecule has 1 saturated heterocycles. The van der Waals surface area contributed by atoms with Crippen molar-refractivity contribution >= 4 is 35.5 Å². The SMILES string of the molecule is CCCCCCCCCC[C@H]1OC(=O)CNC(=O)[C@H](C(C)O)NC(=O)[C@H](CN)NC(=O)[C@H](CCCCOC)NC(=O)[C@H](CC(C)C)N(C)C(=O)[C@@H]1C. The van der Waals surface area contributed by atoms with E-state index in [1.165, 1.54) is 38.1 Å². The number of aliphatic hydroxyl groups is 1. The van der Waals surface area contributed by atoms with Gasteiger partial charge >= 0.3 is 5.97 Å². The number of likely N-dealkylation sites (N-methyl/N-ethyl adjacent to an activating group) is 1. The predicted molar refractivity (Wildman–Crippen MR) is 198 cm³/mol. The van der Waals surface area contributed by atoms with Crippen LogP contribution in [-0.4, -0.2) is 116 Å². The Hall–Kier alpha value is -3.30. The Morgan fingerprint density at radius 2 is 1.40 bits per heavy atom. The molecule has 0 aromatic carbocycles. The Balaban J connectivity index is 3.50. The molecule has 0 aromatic heterocycles. The van der Waals surface area contributed by atoms with Gasteiger partial charge < -0.3 is 46.5 Å². The topological polar surface area (TPSA) is 218 Å². The van der Waals surface area contributed by atoms with Crippen LogP contribution in [0.1, 0.15) is 118 Å². The van der Waals surface area contributed by atoms with Crippen molar-refractivity contribution in [1.29, 1.82) is 0 Å². The number of aliphatic hydroxyl groups excluding tert-OH is 1. The van der Waals surface area contributed by atoms with Crippen LogP contribution in [0.4, 0.5) is 0 Å². The quantitative estimate of drug-likeness (QED) is 0.0883. The normalized spacial score (nSPS) is 25.3. The number of nitrogens with two attached hydrogens (primary N) is 1. The first kappa shape index (κ1) is 46.7. The van der Waals surface area contributed by atoms with Crippen molar-refractivity contribution in [2.45, 2.75) is 154 Å². The lowest BCUT2D eigenvalue weighted by Crippen LogP contribution is -2.61. The number of nitrogens with zero attached hydrogens (tertiary/aromatic N) is 1. The summed E-state index contributed by atoms with van der Waals surface area (Å²) in [6.07, 6.45) is 8.20. The first-order chi connectivity index (χ1) is 24.7. The number of nitrogens with one attached hydrogen (secondary N) is 4. The van der Waals surface area contributed by atoms with Crippen LogP contribution >= 0.6 is 0 Å². The van der Waals surface area contributed by atoms with E-state index < -0.39 is 84.3 Å². The van der Waals surface area contributed by atoms with Crippen LogP contribution in [0.15, 0.2) is 0 Å². The number of hydrogen-bond acceptors (Lipinski definition) is 10. The molecule has 0 spiro atoms. The van der Waals surface area contributed by atoms with Crippen LogP contribution in [-0.2, 0) is 38.2 Å². The van der Waals surface area contributed by atoms with Crippen molar-refractivity contribution in [3.05, 3.63) is 0 Å². The Morgan fingerprint density at radius 1 is 0.827 bits per heavy atom. The van der Waals surface area contributed by atoms with Crippen molar-refractivity contribution in [1.82, 2.24) is 26.2 Å². The molecule has 1 unspecified atom stereocenters. The van der Waals surface area contributed by atoms with Crippen LogP contribution in [0.5, 0.6) is 0 Å². The van der Waals surface area contributed by atoms with Gasteiger partial charge in [0.1, 0.15) is 36.8 Å². The van der Waals surface area contributed by atoms with Gasteiger partial charge in [-0.2, -0.15) is 0 Å². The first-order valence-corrected chi connectivity index (χ1v) is 19.2. The van der Waals surface area contributed by atoms with E-state index in [1.54, 1.807) is 14.0 Å². The van der Waals surface area contributed by atoms with Gasteiger partial charge in [0.15, 0.2) is 0 Å². The number of unbranched alkanes of at least 4 members (excludes halogenated alkanes) is 8. The van der Waals surface area contributed by atoms with Crippen molar-refractivity contribution in [3.8, 4) is 0 Å². The van der Waals surface area contributed by atoms with Gasteiger partial charge in [-0.05, 0) is 51.4 Å². The van der Waals surface area contributed by atoms with E-state index in [-0.39, 0.29) is 18.9 Å². The summed E-state index contributed by atoms with van der Waals surface area (Å²) in [7, 11) is 3.09. The lowest BCUT2D eigenvalue weighted by atomic mass is 9.94. The van der Waals surface area contributed by atoms with E-state index in [9.17, 15) is 33.9 Å². The van der Waals surface area contributed by atoms with E-state index in [0.29, 0.717) is 38.7 Å². The zero-order valence-corrected chi connectivity index (χ0v) is 32.7. The zero-order chi connectivity index (χ0) is 39.2. The maximum Gasteiger partial charge on any atom is 0.325 e. The van der Waals surface area contributed by atoms with Gasteiger partial charge in [0, 0.05) is 27.3 Å². The third-order valence-electron chi connectivity index (χ3n) is 9.45. The third kappa shape index (κ3) is 17.0. The minimum absolute atomic E-state index is 0.00126. The molecule has 52 heavy (non-hydrogen) atoms. The number of hydrogen-bond donors (Lipinski definition) is 6. The van der Waals surface area contributed by atoms with Gasteiger partial charge in [0.2, 0.25) is 29.5 Å². The molecule has 1 fully saturated rings. The van der Waals surface area contributed by atoms with E-state index in [4.69, 9.17) is 15.2 Å². The van der Waals surface area contributed by atoms with Crippen LogP contribution in [0.25, 0.3) is 0 Å². The standard InChI is InChI=1S/C37H68N6O9/c1-8-9-10-11-12-13-14-15-19-30-25(4)37(50)43(6)29(21-24(2)3)35(48)40-27(18-16-17-20-51-7)33(46)41-28(22-38)34(47)42-32(26(5)44)36(49)39-23-31(45)52-30/h24-30,32,44H,8-23,38H2,1-7H3,(H,39,49)(H,40,48)(H,41,46)(H,42,47)/t25-,26?,27+,28+,29+,30-,32+/m1/s1. The average Bonchev–Trinajstić information content (AvgIpc) is 3.10. The van der Waals surface area contributed by atoms with Crippen LogP contribution in [0, 0.1) is 11.8 Å². The maximum atomic E-state index is 14.1. The first-order valence-electron chi connectivity index (χ1n) is 19.2. The summed E-state index contributed by atoms with van der Waals surface area (Å²) in [5.41, 5.74) is 5.84. The number of cyclic esters (lactones) is 1. The summed E-state index contributed by atoms with van der Waals surface area (Å²) in [6.45, 7) is 8.47. The molecule has 5 amide bonds. The molecule has 0 aliphatic carbocycles. The Labute approximate surface area is 310 Å². The Morgan fingerprint density at radius 3 is 1.98 bits per heavy atom. The van der Waals surface area contributed by atoms with E-state index in [0.717, 1.165) is 25.7 Å². The molecular formula is C37H68N6O9. The lowest BCUT2D eigenvalue weighted by molar-refractivity contribution is -0.157. The predicted octanol–water partition coefficient (Wildman–Crippen LogP) is 1.68. The summed E-state index contributed by atoms with van der Waals surface area (Å²) < 4.78 is 10.9. The maximum absolute atomic E-state index is 14.1. The molecule has 7 N–H and O–H groups in total. The summed E-state index contributed by atoms with van der Waals surface area (Å²) in [6, 6.07) is -4.85. The van der Waals surface area contributed by atoms with Crippen molar-refractivity contribution in [3.63, 3.8) is 0 Å². The van der Waals surface area contributed by atoms with E-state index >= 15 is 0 Å². The largest absolute Gasteiger partial charge is 0.460 e. The third-order valence-corrected chi connectivity index (χ3v) is 9.45. The molecule has 0 aromatic rings. The molecule has 1 aliphatic rings. The number of amides is 5. The minimum Gasteiger partial charge on any atom is -0.460 e. The number of ether oxygens (including phenoxy) is 2. The number of rotatable bonds is 18. The highest BCUT2D eigenvalue weighted by molar-refractivity contribution is 5.96. The Bertz CT molecular complexity index is 1120. The fraction of sp³-hybridized carbons (Fsp3) is 0.838. The minimum atomic E-state index is -1.49. The van der Waals surface area contributed by atoms with Gasteiger partial charge in [-0.25, -0.2) is 0 Å². The fourth-order valence-corrected chi connectivity index (χ4v) is 6.19. The second-order valence-electron chi connectivity index (χ2n) is 14.5. The van der Waals surface area contributed by atoms with Crippen LogP contribution < -0.4 is 27.0 Å². The van der Waals surface area contributed by atoms with Crippen molar-refractivity contribution in [2.75, 3.05) is 33.9 Å². The van der Waals surface area contributed by atoms with Gasteiger partial charge in [-0.1, -0.05) is 72.6 Å². The number of methoxy groups -OCH3 is 1. The number of carbonyl (C=O) groups excluding carboxylic acids is 6. The highest BCUT2D eigenvalue weighted by atomic mass is 16.5. The fourth-order valence-electron chi connectivity index (χ4n) is 6.19. The second-order valence-corrected chi connectivity index (χ2v) is 14.5. The molecule has 15 heteroatoms. The van der Waals surface area contributed by atoms with Crippen molar-refractivity contribution < 1.29 is 43.3 Å². The molecule has 1 aliphatic heterocycles. The molecule has 0 bridgehead atoms. The zero-order valence-electron chi connectivity index (χ0n) is 32.7. The molecule has 1 rings (SSSR count). The van der Waals surface area contributed by atoms with Gasteiger partial charge in [0.25, 0.3) is 0 Å². The molecule has 1 heterocycles.